The van der Waals surface area contributed by atoms with Crippen LogP contribution in [0.1, 0.15) is 32.3 Å². The molecule has 1 aromatic rings. The van der Waals surface area contributed by atoms with Crippen molar-refractivity contribution >= 4 is 10.0 Å². The molecular weight excluding hydrogens is 260 g/mol. The monoisotopic (exact) mass is 282 g/mol. The second-order valence-electron chi connectivity index (χ2n) is 5.44. The maximum absolute atomic E-state index is 12.5. The van der Waals surface area contributed by atoms with Gasteiger partial charge in [0.15, 0.2) is 0 Å². The van der Waals surface area contributed by atoms with Crippen molar-refractivity contribution in [1.29, 1.82) is 0 Å². The molecule has 1 fully saturated rings. The number of hydrogen-bond donors (Lipinski definition) is 1. The number of nitrogens with one attached hydrogen (secondary N) is 1. The molecule has 2 rings (SSSR count). The van der Waals surface area contributed by atoms with Gasteiger partial charge in [0.05, 0.1) is 4.90 Å². The molecule has 0 spiro atoms. The molecule has 19 heavy (non-hydrogen) atoms. The van der Waals surface area contributed by atoms with Gasteiger partial charge >= 0.3 is 0 Å². The lowest BCUT2D eigenvalue weighted by atomic mass is 10.0. The summed E-state index contributed by atoms with van der Waals surface area (Å²) in [6.07, 6.45) is 0. The van der Waals surface area contributed by atoms with E-state index in [1.165, 1.54) is 0 Å². The van der Waals surface area contributed by atoms with E-state index in [2.05, 4.69) is 19.2 Å². The van der Waals surface area contributed by atoms with Gasteiger partial charge in [-0.3, -0.25) is 0 Å². The molecule has 0 bridgehead atoms. The topological polar surface area (TPSA) is 49.4 Å². The Morgan fingerprint density at radius 3 is 2.42 bits per heavy atom. The fraction of sp³-hybridized carbons (Fsp3) is 0.571. The molecule has 1 heterocycles. The first-order valence-electron chi connectivity index (χ1n) is 6.75. The van der Waals surface area contributed by atoms with Crippen LogP contribution >= 0.6 is 0 Å². The molecule has 0 saturated carbocycles. The zero-order chi connectivity index (χ0) is 14.0. The van der Waals surface area contributed by atoms with Crippen molar-refractivity contribution in [3.63, 3.8) is 0 Å². The van der Waals surface area contributed by atoms with Gasteiger partial charge in [-0.05, 0) is 30.5 Å². The number of hydrogen-bond acceptors (Lipinski definition) is 3. The minimum atomic E-state index is -3.34. The summed E-state index contributed by atoms with van der Waals surface area (Å²) in [5, 5.41) is 3.25. The van der Waals surface area contributed by atoms with Gasteiger partial charge in [0.2, 0.25) is 10.0 Å². The number of rotatable bonds is 3. The van der Waals surface area contributed by atoms with E-state index < -0.39 is 10.0 Å². The van der Waals surface area contributed by atoms with E-state index in [1.807, 2.05) is 19.1 Å². The second kappa shape index (κ2) is 5.61. The van der Waals surface area contributed by atoms with E-state index in [4.69, 9.17) is 0 Å². The number of piperazine rings is 1. The average Bonchev–Trinajstić information content (AvgIpc) is 2.39. The van der Waals surface area contributed by atoms with E-state index in [0.717, 1.165) is 5.56 Å². The highest BCUT2D eigenvalue weighted by atomic mass is 32.2. The van der Waals surface area contributed by atoms with Crippen molar-refractivity contribution < 1.29 is 8.42 Å². The molecule has 0 unspecified atom stereocenters. The molecule has 106 valence electrons. The molecule has 4 nitrogen and oxygen atoms in total. The van der Waals surface area contributed by atoms with Crippen molar-refractivity contribution in [3.8, 4) is 0 Å². The lowest BCUT2D eigenvalue weighted by molar-refractivity contribution is 0.310. The smallest absolute Gasteiger partial charge is 0.243 e. The summed E-state index contributed by atoms with van der Waals surface area (Å²) in [7, 11) is -3.34. The summed E-state index contributed by atoms with van der Waals surface area (Å²) in [6, 6.07) is 7.46. The third-order valence-corrected chi connectivity index (χ3v) is 5.40. The van der Waals surface area contributed by atoms with Crippen LogP contribution in [-0.2, 0) is 10.0 Å². The van der Waals surface area contributed by atoms with Gasteiger partial charge in [0.25, 0.3) is 0 Å². The fourth-order valence-corrected chi connectivity index (χ4v) is 3.82. The zero-order valence-electron chi connectivity index (χ0n) is 11.8. The molecule has 1 aromatic carbocycles. The third kappa shape index (κ3) is 3.16. The van der Waals surface area contributed by atoms with E-state index in [0.29, 0.717) is 30.4 Å². The largest absolute Gasteiger partial charge is 0.312 e. The lowest BCUT2D eigenvalue weighted by Gasteiger charge is -2.31. The third-order valence-electron chi connectivity index (χ3n) is 3.52. The summed E-state index contributed by atoms with van der Waals surface area (Å²) < 4.78 is 26.6. The van der Waals surface area contributed by atoms with Gasteiger partial charge in [0, 0.05) is 25.7 Å². The fourth-order valence-electron chi connectivity index (χ4n) is 2.29. The van der Waals surface area contributed by atoms with Gasteiger partial charge < -0.3 is 5.32 Å². The van der Waals surface area contributed by atoms with Crippen LogP contribution < -0.4 is 5.32 Å². The first kappa shape index (κ1) is 14.5. The Morgan fingerprint density at radius 1 is 1.26 bits per heavy atom. The van der Waals surface area contributed by atoms with Crippen LogP contribution in [-0.4, -0.2) is 38.4 Å². The Morgan fingerprint density at radius 2 is 1.89 bits per heavy atom. The van der Waals surface area contributed by atoms with Crippen molar-refractivity contribution in [1.82, 2.24) is 9.62 Å². The highest BCUT2D eigenvalue weighted by molar-refractivity contribution is 7.89. The van der Waals surface area contributed by atoms with E-state index in [-0.39, 0.29) is 6.04 Å². The van der Waals surface area contributed by atoms with Gasteiger partial charge in [0.1, 0.15) is 0 Å². The molecule has 0 radical (unpaired) electrons. The van der Waals surface area contributed by atoms with Gasteiger partial charge in [-0.2, -0.15) is 4.31 Å². The summed E-state index contributed by atoms with van der Waals surface area (Å²) in [6.45, 7) is 7.99. The van der Waals surface area contributed by atoms with Crippen LogP contribution in [0.2, 0.25) is 0 Å². The molecule has 0 aromatic heterocycles. The number of sulfonamides is 1. The van der Waals surface area contributed by atoms with E-state index >= 15 is 0 Å². The zero-order valence-corrected chi connectivity index (χ0v) is 12.6. The molecule has 5 heteroatoms. The Bertz CT molecular complexity index is 523. The number of benzene rings is 1. The van der Waals surface area contributed by atoms with Gasteiger partial charge in [-0.15, -0.1) is 0 Å². The van der Waals surface area contributed by atoms with Gasteiger partial charge in [-0.25, -0.2) is 8.42 Å². The standard InChI is InChI=1S/C14H22N2O2S/c1-11(2)13-4-6-14(7-5-13)19(17,18)16-9-8-15-12(3)10-16/h4-7,11-12,15H,8-10H2,1-3H3/t12-/m1/s1. The second-order valence-corrected chi connectivity index (χ2v) is 7.38. The quantitative estimate of drug-likeness (QED) is 0.919. The highest BCUT2D eigenvalue weighted by Crippen LogP contribution is 2.20. The van der Waals surface area contributed by atoms with Crippen molar-refractivity contribution in [3.05, 3.63) is 29.8 Å². The molecule has 1 aliphatic heterocycles. The van der Waals surface area contributed by atoms with E-state index in [1.54, 1.807) is 16.4 Å². The molecule has 1 saturated heterocycles. The first-order valence-corrected chi connectivity index (χ1v) is 8.19. The molecule has 1 aliphatic rings. The molecule has 0 aliphatic carbocycles. The maximum Gasteiger partial charge on any atom is 0.243 e. The van der Waals surface area contributed by atoms with Crippen LogP contribution in [0.4, 0.5) is 0 Å². The predicted molar refractivity (Wildman–Crippen MR) is 76.8 cm³/mol. The summed E-state index contributed by atoms with van der Waals surface area (Å²) in [4.78, 5) is 0.394. The normalized spacial score (nSPS) is 21.8. The van der Waals surface area contributed by atoms with Gasteiger partial charge in [-0.1, -0.05) is 26.0 Å². The Labute approximate surface area is 115 Å². The van der Waals surface area contributed by atoms with Crippen LogP contribution in [0.5, 0.6) is 0 Å². The van der Waals surface area contributed by atoms with Crippen molar-refractivity contribution in [2.24, 2.45) is 0 Å². The SMILES string of the molecule is CC(C)c1ccc(S(=O)(=O)N2CCN[C@H](C)C2)cc1. The minimum Gasteiger partial charge on any atom is -0.312 e. The summed E-state index contributed by atoms with van der Waals surface area (Å²) in [5.41, 5.74) is 1.16. The maximum atomic E-state index is 12.5. The highest BCUT2D eigenvalue weighted by Gasteiger charge is 2.28. The van der Waals surface area contributed by atoms with Crippen LogP contribution in [0.3, 0.4) is 0 Å². The minimum absolute atomic E-state index is 0.207. The molecule has 1 atom stereocenters. The summed E-state index contributed by atoms with van der Waals surface area (Å²) >= 11 is 0. The van der Waals surface area contributed by atoms with Crippen LogP contribution in [0, 0.1) is 0 Å². The average molecular weight is 282 g/mol. The lowest BCUT2D eigenvalue weighted by Crippen LogP contribution is -2.51. The Hall–Kier alpha value is -0.910. The van der Waals surface area contributed by atoms with Crippen molar-refractivity contribution in [2.45, 2.75) is 37.6 Å². The molecule has 0 amide bonds. The van der Waals surface area contributed by atoms with Crippen LogP contribution in [0.25, 0.3) is 0 Å². The molecular formula is C14H22N2O2S. The van der Waals surface area contributed by atoms with Crippen molar-refractivity contribution in [2.75, 3.05) is 19.6 Å². The first-order chi connectivity index (χ1) is 8.91. The molecule has 1 N–H and O–H groups in total. The number of nitrogens with zero attached hydrogens (tertiary/aromatic N) is 1. The van der Waals surface area contributed by atoms with E-state index in [9.17, 15) is 8.42 Å². The Balaban J connectivity index is 2.23. The van der Waals surface area contributed by atoms with Crippen LogP contribution in [0.15, 0.2) is 29.2 Å². The predicted octanol–water partition coefficient (Wildman–Crippen LogP) is 1.79. The summed E-state index contributed by atoms with van der Waals surface area (Å²) in [5.74, 6) is 0.413. The Kier molecular flexibility index (Phi) is 4.28.